The van der Waals surface area contributed by atoms with Crippen LogP contribution in [0.25, 0.3) is 0 Å². The molecule has 1 saturated heterocycles. The first-order chi connectivity index (χ1) is 16.5. The number of carbonyl (C=O) groups is 1. The second kappa shape index (κ2) is 11.4. The molecule has 1 amide bonds. The van der Waals surface area contributed by atoms with E-state index in [1.165, 1.54) is 5.56 Å². The molecule has 1 fully saturated rings. The Labute approximate surface area is 204 Å². The molecule has 2 aliphatic rings. The Morgan fingerprint density at radius 2 is 1.82 bits per heavy atom. The summed E-state index contributed by atoms with van der Waals surface area (Å²) >= 11 is 0. The second-order valence-corrected chi connectivity index (χ2v) is 11.2. The van der Waals surface area contributed by atoms with Crippen LogP contribution in [-0.2, 0) is 21.2 Å². The van der Waals surface area contributed by atoms with Gasteiger partial charge in [-0.25, -0.2) is 13.1 Å². The fourth-order valence-corrected chi connectivity index (χ4v) is 6.59. The maximum atomic E-state index is 13.7. The lowest BCUT2D eigenvalue weighted by molar-refractivity contribution is -0.116. The van der Waals surface area contributed by atoms with E-state index in [4.69, 9.17) is 0 Å². The Bertz CT molecular complexity index is 1090. The molecular formula is C27H37N3O3S. The molecule has 2 N–H and O–H groups in total. The van der Waals surface area contributed by atoms with Crippen molar-refractivity contribution in [3.63, 3.8) is 0 Å². The smallest absolute Gasteiger partial charge is 0.243 e. The number of hydrogen-bond acceptors (Lipinski definition) is 4. The van der Waals surface area contributed by atoms with Crippen molar-refractivity contribution in [2.45, 2.75) is 82.1 Å². The lowest BCUT2D eigenvalue weighted by Gasteiger charge is -2.28. The minimum atomic E-state index is -3.80. The van der Waals surface area contributed by atoms with Crippen molar-refractivity contribution in [2.75, 3.05) is 23.3 Å². The third kappa shape index (κ3) is 5.99. The number of hydrogen-bond donors (Lipinski definition) is 2. The molecule has 1 unspecified atom stereocenters. The van der Waals surface area contributed by atoms with Crippen molar-refractivity contribution in [2.24, 2.45) is 0 Å². The number of amides is 1. The van der Waals surface area contributed by atoms with Gasteiger partial charge in [0.2, 0.25) is 15.9 Å². The molecule has 6 nitrogen and oxygen atoms in total. The molecule has 2 aromatic carbocycles. The van der Waals surface area contributed by atoms with Crippen molar-refractivity contribution >= 4 is 27.3 Å². The maximum absolute atomic E-state index is 13.7. The Morgan fingerprint density at radius 1 is 1.03 bits per heavy atom. The summed E-state index contributed by atoms with van der Waals surface area (Å²) in [6.45, 7) is 3.83. The average molecular weight is 484 g/mol. The quantitative estimate of drug-likeness (QED) is 0.434. The van der Waals surface area contributed by atoms with Crippen molar-refractivity contribution in [1.82, 2.24) is 4.72 Å². The predicted octanol–water partition coefficient (Wildman–Crippen LogP) is 5.55. The normalized spacial score (nSPS) is 18.0. The summed E-state index contributed by atoms with van der Waals surface area (Å²) in [5, 5.41) is 2.92. The Hall–Kier alpha value is -2.38. The number of fused-ring (bicyclic) bond motifs is 1. The van der Waals surface area contributed by atoms with E-state index < -0.39 is 10.0 Å². The number of carbonyl (C=O) groups excluding carboxylic acids is 1. The summed E-state index contributed by atoms with van der Waals surface area (Å²) in [4.78, 5) is 14.8. The van der Waals surface area contributed by atoms with Crippen molar-refractivity contribution < 1.29 is 13.2 Å². The van der Waals surface area contributed by atoms with Crippen LogP contribution in [-0.4, -0.2) is 27.4 Å². The summed E-state index contributed by atoms with van der Waals surface area (Å²) < 4.78 is 30.4. The van der Waals surface area contributed by atoms with Crippen LogP contribution in [0.3, 0.4) is 0 Å². The van der Waals surface area contributed by atoms with Crippen LogP contribution < -0.4 is 14.9 Å². The molecule has 1 atom stereocenters. The van der Waals surface area contributed by atoms with Crippen LogP contribution in [0.15, 0.2) is 47.4 Å². The summed E-state index contributed by atoms with van der Waals surface area (Å²) in [6, 6.07) is 13.2. The fourth-order valence-electron chi connectivity index (χ4n) is 5.09. The summed E-state index contributed by atoms with van der Waals surface area (Å²) in [7, 11) is -3.80. The van der Waals surface area contributed by atoms with Crippen molar-refractivity contribution in [3.05, 3.63) is 53.6 Å². The SMILES string of the molecule is CCCCCCC(=O)Nc1ccc(N2CCCC2)c(S(=O)(=O)NC2CCCc3ccccc32)c1. The highest BCUT2D eigenvalue weighted by molar-refractivity contribution is 7.89. The fraction of sp³-hybridized carbons (Fsp3) is 0.519. The zero-order valence-electron chi connectivity index (χ0n) is 20.2. The van der Waals surface area contributed by atoms with Crippen LogP contribution in [0.1, 0.15) is 81.9 Å². The van der Waals surface area contributed by atoms with Gasteiger partial charge in [-0.05, 0) is 67.9 Å². The largest absolute Gasteiger partial charge is 0.370 e. The Morgan fingerprint density at radius 3 is 2.62 bits per heavy atom. The predicted molar refractivity (Wildman–Crippen MR) is 138 cm³/mol. The average Bonchev–Trinajstić information content (AvgIpc) is 3.37. The number of unbranched alkanes of at least 4 members (excludes halogenated alkanes) is 3. The van der Waals surface area contributed by atoms with E-state index in [0.717, 1.165) is 82.1 Å². The van der Waals surface area contributed by atoms with Gasteiger partial charge in [0.25, 0.3) is 0 Å². The second-order valence-electron chi connectivity index (χ2n) is 9.50. The molecule has 0 radical (unpaired) electrons. The van der Waals surface area contributed by atoms with Crippen LogP contribution in [0, 0.1) is 0 Å². The molecule has 0 saturated carbocycles. The lowest BCUT2D eigenvalue weighted by Crippen LogP contribution is -2.32. The zero-order valence-corrected chi connectivity index (χ0v) is 21.0. The minimum Gasteiger partial charge on any atom is -0.370 e. The summed E-state index contributed by atoms with van der Waals surface area (Å²) in [5.74, 6) is -0.0671. The molecule has 4 rings (SSSR count). The lowest BCUT2D eigenvalue weighted by atomic mass is 9.88. The third-order valence-corrected chi connectivity index (χ3v) is 8.40. The summed E-state index contributed by atoms with van der Waals surface area (Å²) in [6.07, 6.45) is 9.40. The van der Waals surface area contributed by atoms with Gasteiger partial charge in [-0.1, -0.05) is 50.5 Å². The first-order valence-corrected chi connectivity index (χ1v) is 14.3. The van der Waals surface area contributed by atoms with E-state index in [2.05, 4.69) is 27.9 Å². The molecule has 0 spiro atoms. The molecule has 184 valence electrons. The van der Waals surface area contributed by atoms with Crippen LogP contribution in [0.2, 0.25) is 0 Å². The van der Waals surface area contributed by atoms with E-state index >= 15 is 0 Å². The standard InChI is InChI=1S/C27H37N3O3S/c1-2-3-4-5-15-27(31)28-22-16-17-25(30-18-8-9-19-30)26(20-22)34(32,33)29-24-14-10-12-21-11-6-7-13-23(21)24/h6-7,11,13,16-17,20,24,29H,2-5,8-10,12,14-15,18-19H2,1H3,(H,28,31). The minimum absolute atomic E-state index is 0.0671. The molecule has 34 heavy (non-hydrogen) atoms. The molecule has 1 aliphatic heterocycles. The highest BCUT2D eigenvalue weighted by Gasteiger charge is 2.29. The zero-order chi connectivity index (χ0) is 24.0. The Kier molecular flexibility index (Phi) is 8.27. The molecule has 1 aliphatic carbocycles. The molecule has 2 aromatic rings. The topological polar surface area (TPSA) is 78.5 Å². The third-order valence-electron chi connectivity index (χ3n) is 6.90. The first kappa shape index (κ1) is 24.7. The molecular weight excluding hydrogens is 446 g/mol. The van der Waals surface area contributed by atoms with Gasteiger partial charge in [-0.15, -0.1) is 0 Å². The van der Waals surface area contributed by atoms with Gasteiger partial charge >= 0.3 is 0 Å². The monoisotopic (exact) mass is 483 g/mol. The van der Waals surface area contributed by atoms with Gasteiger partial charge in [0.05, 0.1) is 5.69 Å². The Balaban J connectivity index is 1.58. The molecule has 1 heterocycles. The van der Waals surface area contributed by atoms with E-state index in [9.17, 15) is 13.2 Å². The highest BCUT2D eigenvalue weighted by atomic mass is 32.2. The van der Waals surface area contributed by atoms with E-state index in [-0.39, 0.29) is 16.8 Å². The number of sulfonamides is 1. The first-order valence-electron chi connectivity index (χ1n) is 12.8. The number of anilines is 2. The molecule has 0 aromatic heterocycles. The van der Waals surface area contributed by atoms with Gasteiger partial charge in [0.1, 0.15) is 4.90 Å². The number of aryl methyl sites for hydroxylation is 1. The van der Waals surface area contributed by atoms with Gasteiger partial charge in [-0.2, -0.15) is 0 Å². The van der Waals surface area contributed by atoms with Gasteiger partial charge in [0, 0.05) is 31.2 Å². The van der Waals surface area contributed by atoms with Gasteiger partial charge in [0.15, 0.2) is 0 Å². The van der Waals surface area contributed by atoms with Crippen LogP contribution in [0.5, 0.6) is 0 Å². The van der Waals surface area contributed by atoms with Gasteiger partial charge in [-0.3, -0.25) is 4.79 Å². The molecule has 0 bridgehead atoms. The highest BCUT2D eigenvalue weighted by Crippen LogP contribution is 2.35. The van der Waals surface area contributed by atoms with Crippen molar-refractivity contribution in [1.29, 1.82) is 0 Å². The van der Waals surface area contributed by atoms with E-state index in [0.29, 0.717) is 12.1 Å². The van der Waals surface area contributed by atoms with Crippen LogP contribution >= 0.6 is 0 Å². The van der Waals surface area contributed by atoms with E-state index in [1.54, 1.807) is 6.07 Å². The number of benzene rings is 2. The van der Waals surface area contributed by atoms with Gasteiger partial charge < -0.3 is 10.2 Å². The number of nitrogens with zero attached hydrogens (tertiary/aromatic N) is 1. The van der Waals surface area contributed by atoms with Crippen molar-refractivity contribution in [3.8, 4) is 0 Å². The van der Waals surface area contributed by atoms with Crippen LogP contribution in [0.4, 0.5) is 11.4 Å². The molecule has 7 heteroatoms. The number of nitrogens with one attached hydrogen (secondary N) is 2. The van der Waals surface area contributed by atoms with E-state index in [1.807, 2.05) is 30.3 Å². The summed E-state index contributed by atoms with van der Waals surface area (Å²) in [5.41, 5.74) is 3.53. The maximum Gasteiger partial charge on any atom is 0.243 e. The number of rotatable bonds is 10.